The van der Waals surface area contributed by atoms with Crippen LogP contribution in [0.15, 0.2) is 62.1 Å². The number of thioether (sulfide) groups is 2. The Morgan fingerprint density at radius 3 is 1.32 bits per heavy atom. The van der Waals surface area contributed by atoms with Gasteiger partial charge in [-0.05, 0) is 178 Å². The lowest BCUT2D eigenvalue weighted by atomic mass is 9.71. The summed E-state index contributed by atoms with van der Waals surface area (Å²) in [5.74, 6) is 2.32. The van der Waals surface area contributed by atoms with Crippen LogP contribution in [-0.2, 0) is 74.8 Å². The fourth-order valence-electron chi connectivity index (χ4n) is 21.1. The van der Waals surface area contributed by atoms with Crippen molar-refractivity contribution in [2.45, 2.75) is 210 Å². The summed E-state index contributed by atoms with van der Waals surface area (Å²) in [5.41, 5.74) is 5.33. The second kappa shape index (κ2) is 37.5. The topological polar surface area (TPSA) is 405 Å². The van der Waals surface area contributed by atoms with E-state index in [2.05, 4.69) is 71.9 Å². The number of aromatic hydroxyl groups is 3. The number of piperazine rings is 2. The maximum Gasteiger partial charge on any atom is 0.518 e. The number of methoxy groups -OCH3 is 4. The minimum Gasteiger partial charge on any atom is -0.507 e. The van der Waals surface area contributed by atoms with Gasteiger partial charge in [0.05, 0.1) is 87.8 Å². The number of hydrogen-bond donors (Lipinski definition) is 5. The van der Waals surface area contributed by atoms with Gasteiger partial charge in [0.2, 0.25) is 13.6 Å². The first-order chi connectivity index (χ1) is 61.5. The Balaban J connectivity index is 0.000000207. The number of nitriles is 2. The maximum atomic E-state index is 15.1. The first kappa shape index (κ1) is 98.1. The molecule has 14 aliphatic rings. The molecule has 0 saturated carbocycles. The van der Waals surface area contributed by atoms with E-state index < -0.39 is 117 Å². The van der Waals surface area contributed by atoms with Gasteiger partial charge in [-0.1, -0.05) is 47.6 Å². The van der Waals surface area contributed by atoms with E-state index in [1.165, 1.54) is 52.0 Å². The van der Waals surface area contributed by atoms with E-state index in [9.17, 15) is 49.8 Å². The van der Waals surface area contributed by atoms with Crippen molar-refractivity contribution in [3.63, 3.8) is 0 Å². The van der Waals surface area contributed by atoms with E-state index in [-0.39, 0.29) is 119 Å². The van der Waals surface area contributed by atoms with Crippen LogP contribution in [0.5, 0.6) is 80.5 Å². The van der Waals surface area contributed by atoms with Gasteiger partial charge >= 0.3 is 35.8 Å². The molecule has 37 heteroatoms. The molecule has 4 saturated heterocycles. The summed E-state index contributed by atoms with van der Waals surface area (Å²) in [6.45, 7) is 24.5. The molecule has 0 amide bonds. The molecule has 0 aromatic heterocycles. The van der Waals surface area contributed by atoms with Crippen molar-refractivity contribution >= 4 is 71.0 Å². The fourth-order valence-corrected chi connectivity index (χ4v) is 24.5. The number of rotatable bonds is 9. The molecule has 6 aromatic rings. The third-order valence-electron chi connectivity index (χ3n) is 26.1. The average Bonchev–Trinajstić information content (AvgIpc) is 1.69. The summed E-state index contributed by atoms with van der Waals surface area (Å²) in [5, 5.41) is 64.7. The first-order valence-electron chi connectivity index (χ1n) is 41.9. The normalized spacial score (nSPS) is 25.7. The number of ether oxygens (including phenoxy) is 17. The molecule has 5 N–H and O–H groups in total. The highest BCUT2D eigenvalue weighted by molar-refractivity contribution is 7.99. The molecule has 14 heterocycles. The van der Waals surface area contributed by atoms with Crippen molar-refractivity contribution in [3.8, 4) is 92.6 Å². The lowest BCUT2D eigenvalue weighted by Crippen LogP contribution is -2.69. The van der Waals surface area contributed by atoms with Gasteiger partial charge in [0, 0.05) is 105 Å². The molecule has 2 unspecified atom stereocenters. The van der Waals surface area contributed by atoms with Gasteiger partial charge in [-0.3, -0.25) is 30.2 Å². The van der Waals surface area contributed by atoms with Gasteiger partial charge in [-0.2, -0.15) is 10.5 Å². The first-order valence-corrected chi connectivity index (χ1v) is 44.4. The summed E-state index contributed by atoms with van der Waals surface area (Å²) < 4.78 is 97.8. The number of carbonyl (C=O) groups is 6. The zero-order chi connectivity index (χ0) is 92.4. The lowest BCUT2D eigenvalue weighted by Gasteiger charge is -2.62. The van der Waals surface area contributed by atoms with Gasteiger partial charge < -0.3 is 95.8 Å². The molecular weight excluding hydrogens is 1770 g/mol. The van der Waals surface area contributed by atoms with Crippen LogP contribution in [0.1, 0.15) is 188 Å². The number of esters is 2. The second-order valence-electron chi connectivity index (χ2n) is 35.3. The average molecular weight is 1880 g/mol. The Bertz CT molecular complexity index is 5750. The standard InChI is InChI=1S/C46H50N4O13S.C43H48N4O11S.C3H3ClO2.3CH4/c1-10-57-43(53)62-38-22(3)39-40(60-20-59-39)32-28-18-58-42(52)46(25-16-29(55-8)30(15-23(25)11-12-48-46)61-44(54)63-45(4,5)6)19-64-41(33(32)38)35-34-31-24(13-21(2)37(56-9)36(31)51)14-26(49(34)7)27(17-47)50(28)35;1-19-11-22-12-24-25(15-44)47-26-16-54-40(50)43(23-14-27(52-7)28(13-21(23)9-10-45-43)57-41(51)58-42(3,4)5)17-59-39(31-30(26)38-37(55-18-56-38)20(2)34(31)48)33(47)32(46(24)6)29(22)35(49)36(19)53-8;1-2-6-3(4)5;;;/h10,13,15-16,26-28,34-35,41,48,51H,1,11-12,14,18-20H2,2-9H3;11,13-14,24-26,32-33,39,45,48-49H,9-10,12,16-18H2,1-8H3;2H,1H2;3*1H4/t26-,27-,28-,34+,35?,41+,46+;24-,25-,26-,32+,33?,39+,43+;;;;/m00..../s1. The SMILES string of the molecule is C.C.C.C=COC(=O)Cl.C=COC(=O)Oc1c(C)c2c(c3c1[C@H]1SC[C@]4(NCCc5cc(OC(=O)OC(C)(C)C)c(OC)cc54)C(=O)OC[C@@H]3N3C1[C@H]1c4c(cc(C)c(OC)c4O)C[C@@H]([C@@H]3C#N)N1C)OCO2.COc1cc2c(cc1OC(=O)OC(C)(C)C)CCN[C@]21CS[C@@H]2c3c(O)c(C)c4c(c3[C@H](COC1=O)N1C2[C@H]2c3c(cc(C)c(OC)c3O)C[C@@H]([C@@H]1C#N)N2C)OCO4. The van der Waals surface area contributed by atoms with Crippen LogP contribution >= 0.6 is 35.1 Å². The summed E-state index contributed by atoms with van der Waals surface area (Å²) in [6, 6.07) is 10.2. The molecule has 8 bridgehead atoms. The molecule has 2 spiro atoms. The molecule has 0 aliphatic carbocycles. The van der Waals surface area contributed by atoms with Crippen LogP contribution in [0.25, 0.3) is 0 Å². The smallest absolute Gasteiger partial charge is 0.507 e. The van der Waals surface area contributed by atoms with E-state index in [0.717, 1.165) is 40.3 Å². The molecule has 34 nitrogen and oxygen atoms in total. The molecule has 20 rings (SSSR count). The Hall–Kier alpha value is -11.4. The number of benzene rings is 6. The van der Waals surface area contributed by atoms with E-state index in [0.29, 0.717) is 134 Å². The Morgan fingerprint density at radius 2 is 0.932 bits per heavy atom. The number of nitrogens with one attached hydrogen (secondary N) is 2. The van der Waals surface area contributed by atoms with Crippen LogP contribution in [0, 0.1) is 50.4 Å². The van der Waals surface area contributed by atoms with Crippen molar-refractivity contribution in [1.82, 2.24) is 30.2 Å². The number of aryl methyl sites for hydroxylation is 2. The summed E-state index contributed by atoms with van der Waals surface area (Å²) >= 11 is 7.51. The zero-order valence-electron chi connectivity index (χ0n) is 74.1. The van der Waals surface area contributed by atoms with Crippen molar-refractivity contribution in [2.75, 3.05) is 93.9 Å². The third kappa shape index (κ3) is 16.3. The molecule has 708 valence electrons. The number of nitrogens with zero attached hydrogens (tertiary/aromatic N) is 6. The Morgan fingerprint density at radius 1 is 0.523 bits per heavy atom. The number of carbonyl (C=O) groups excluding carboxylic acids is 6. The van der Waals surface area contributed by atoms with Crippen LogP contribution in [0.3, 0.4) is 0 Å². The van der Waals surface area contributed by atoms with Crippen molar-refractivity contribution in [2.24, 2.45) is 0 Å². The highest BCUT2D eigenvalue weighted by Gasteiger charge is 2.65. The minimum atomic E-state index is -1.49. The summed E-state index contributed by atoms with van der Waals surface area (Å²) in [4.78, 5) is 87.1. The molecule has 6 aromatic carbocycles. The van der Waals surface area contributed by atoms with Gasteiger partial charge in [-0.15, -0.1) is 23.5 Å². The van der Waals surface area contributed by atoms with Gasteiger partial charge in [0.25, 0.3) is 0 Å². The zero-order valence-corrected chi connectivity index (χ0v) is 76.4. The molecular formula is C95H113ClN8O26S2. The van der Waals surface area contributed by atoms with Gasteiger partial charge in [-0.25, -0.2) is 28.8 Å². The number of likely N-dealkylation sites (N-methyl/N-ethyl adjacent to an activating group) is 2. The quantitative estimate of drug-likeness (QED) is 0.0295. The predicted molar refractivity (Wildman–Crippen MR) is 485 cm³/mol. The molecule has 0 radical (unpaired) electrons. The number of hydrogen-bond acceptors (Lipinski definition) is 36. The monoisotopic (exact) mass is 1880 g/mol. The molecule has 14 atom stereocenters. The van der Waals surface area contributed by atoms with Crippen LogP contribution in [0.4, 0.5) is 19.2 Å². The lowest BCUT2D eigenvalue weighted by molar-refractivity contribution is -0.158. The van der Waals surface area contributed by atoms with Crippen LogP contribution < -0.4 is 62.7 Å². The minimum absolute atomic E-state index is 0. The van der Waals surface area contributed by atoms with Crippen molar-refractivity contribution < 1.29 is 125 Å². The fraction of sp³-hybridized carbons (Fsp3) is 0.495. The van der Waals surface area contributed by atoms with E-state index in [1.807, 2.05) is 40.1 Å². The predicted octanol–water partition coefficient (Wildman–Crippen LogP) is 15.1. The van der Waals surface area contributed by atoms with E-state index in [4.69, 9.17) is 75.8 Å². The molecule has 4 fully saturated rings. The largest absolute Gasteiger partial charge is 0.518 e. The number of phenolic OH excluding ortho intramolecular Hbond substituents is 3. The third-order valence-corrected chi connectivity index (χ3v) is 29.1. The van der Waals surface area contributed by atoms with E-state index >= 15 is 4.79 Å². The highest BCUT2D eigenvalue weighted by atomic mass is 35.5. The highest BCUT2D eigenvalue weighted by Crippen LogP contribution is 2.68. The maximum absolute atomic E-state index is 15.1. The van der Waals surface area contributed by atoms with E-state index in [1.54, 1.807) is 79.7 Å². The van der Waals surface area contributed by atoms with Crippen LogP contribution in [0.2, 0.25) is 0 Å². The number of phenols is 3. The van der Waals surface area contributed by atoms with Crippen molar-refractivity contribution in [3.05, 3.63) is 151 Å². The Kier molecular flexibility index (Phi) is 27.9. The number of halogens is 1. The van der Waals surface area contributed by atoms with Crippen LogP contribution in [-0.4, -0.2) is 212 Å². The molecule has 132 heavy (non-hydrogen) atoms. The summed E-state index contributed by atoms with van der Waals surface area (Å²) in [6.07, 6.45) is 1.02. The van der Waals surface area contributed by atoms with Gasteiger partial charge in [0.1, 0.15) is 48.0 Å². The summed E-state index contributed by atoms with van der Waals surface area (Å²) in [7, 11) is 9.89. The Labute approximate surface area is 780 Å². The van der Waals surface area contributed by atoms with Gasteiger partial charge in [0.15, 0.2) is 80.1 Å². The number of fused-ring (bicyclic) bond motifs is 18. The molecule has 14 aliphatic heterocycles. The van der Waals surface area contributed by atoms with Crippen molar-refractivity contribution in [1.29, 1.82) is 10.5 Å². The second-order valence-corrected chi connectivity index (χ2v) is 37.8.